The van der Waals surface area contributed by atoms with Gasteiger partial charge in [-0.15, -0.1) is 0 Å². The number of para-hydroxylation sites is 2. The van der Waals surface area contributed by atoms with Gasteiger partial charge in [0.2, 0.25) is 0 Å². The lowest BCUT2D eigenvalue weighted by Crippen LogP contribution is -2.23. The normalized spacial score (nSPS) is 24.3. The van der Waals surface area contributed by atoms with Crippen LogP contribution in [0.25, 0.3) is 11.1 Å². The molecule has 1 aromatic heterocycles. The molecular weight excluding hydrogens is 228 g/mol. The third-order valence-corrected chi connectivity index (χ3v) is 3.65. The van der Waals surface area contributed by atoms with Crippen LogP contribution in [-0.2, 0) is 0 Å². The van der Waals surface area contributed by atoms with E-state index in [1.165, 1.54) is 0 Å². The largest absolute Gasteiger partial charge is 0.424 e. The van der Waals surface area contributed by atoms with E-state index in [0.717, 1.165) is 43.3 Å². The van der Waals surface area contributed by atoms with Crippen LogP contribution in [-0.4, -0.2) is 22.7 Å². The van der Waals surface area contributed by atoms with Crippen molar-refractivity contribution in [3.05, 3.63) is 24.3 Å². The van der Waals surface area contributed by atoms with E-state index in [1.54, 1.807) is 0 Å². The SMILES string of the molecule is OC1CCC(CNc2nc3ccccc3o2)CC1. The van der Waals surface area contributed by atoms with Crippen LogP contribution in [0.5, 0.6) is 0 Å². The highest BCUT2D eigenvalue weighted by Crippen LogP contribution is 2.25. The number of oxazole rings is 1. The van der Waals surface area contributed by atoms with Gasteiger partial charge < -0.3 is 14.8 Å². The Kier molecular flexibility index (Phi) is 3.19. The van der Waals surface area contributed by atoms with Gasteiger partial charge in [0, 0.05) is 6.54 Å². The summed E-state index contributed by atoms with van der Waals surface area (Å²) in [6.45, 7) is 0.875. The smallest absolute Gasteiger partial charge is 0.295 e. The highest BCUT2D eigenvalue weighted by atomic mass is 16.4. The van der Waals surface area contributed by atoms with E-state index in [2.05, 4.69) is 10.3 Å². The molecule has 1 saturated carbocycles. The second-order valence-electron chi connectivity index (χ2n) is 5.04. The topological polar surface area (TPSA) is 58.3 Å². The number of benzene rings is 1. The van der Waals surface area contributed by atoms with E-state index in [4.69, 9.17) is 4.42 Å². The zero-order valence-electron chi connectivity index (χ0n) is 10.3. The maximum Gasteiger partial charge on any atom is 0.295 e. The van der Waals surface area contributed by atoms with Crippen molar-refractivity contribution >= 4 is 17.1 Å². The fraction of sp³-hybridized carbons (Fsp3) is 0.500. The number of fused-ring (bicyclic) bond motifs is 1. The van der Waals surface area contributed by atoms with E-state index in [-0.39, 0.29) is 6.10 Å². The Balaban J connectivity index is 1.59. The number of rotatable bonds is 3. The minimum absolute atomic E-state index is 0.0921. The molecule has 4 nitrogen and oxygen atoms in total. The monoisotopic (exact) mass is 246 g/mol. The first-order chi connectivity index (χ1) is 8.81. The van der Waals surface area contributed by atoms with Crippen molar-refractivity contribution in [2.45, 2.75) is 31.8 Å². The average molecular weight is 246 g/mol. The van der Waals surface area contributed by atoms with Gasteiger partial charge in [-0.05, 0) is 43.7 Å². The van der Waals surface area contributed by atoms with E-state index in [0.29, 0.717) is 11.9 Å². The van der Waals surface area contributed by atoms with Gasteiger partial charge in [0.25, 0.3) is 6.01 Å². The molecule has 0 spiro atoms. The molecule has 2 aromatic rings. The molecule has 0 radical (unpaired) electrons. The number of hydrogen-bond donors (Lipinski definition) is 2. The Morgan fingerprint density at radius 1 is 1.22 bits per heavy atom. The van der Waals surface area contributed by atoms with Crippen molar-refractivity contribution in [3.8, 4) is 0 Å². The van der Waals surface area contributed by atoms with Crippen molar-refractivity contribution in [2.24, 2.45) is 5.92 Å². The van der Waals surface area contributed by atoms with Crippen LogP contribution >= 0.6 is 0 Å². The summed E-state index contributed by atoms with van der Waals surface area (Å²) in [5.74, 6) is 0.614. The van der Waals surface area contributed by atoms with Crippen LogP contribution in [0.15, 0.2) is 28.7 Å². The third-order valence-electron chi connectivity index (χ3n) is 3.65. The molecule has 1 fully saturated rings. The number of nitrogens with zero attached hydrogens (tertiary/aromatic N) is 1. The Hall–Kier alpha value is -1.55. The molecule has 1 heterocycles. The predicted molar refractivity (Wildman–Crippen MR) is 70.5 cm³/mol. The molecule has 1 aliphatic rings. The maximum absolute atomic E-state index is 9.46. The van der Waals surface area contributed by atoms with Crippen LogP contribution in [0.4, 0.5) is 6.01 Å². The molecule has 96 valence electrons. The third kappa shape index (κ3) is 2.48. The Labute approximate surface area is 106 Å². The highest BCUT2D eigenvalue weighted by molar-refractivity contribution is 5.74. The molecule has 1 aliphatic carbocycles. The highest BCUT2D eigenvalue weighted by Gasteiger charge is 2.19. The minimum Gasteiger partial charge on any atom is -0.424 e. The van der Waals surface area contributed by atoms with Crippen molar-refractivity contribution in [2.75, 3.05) is 11.9 Å². The van der Waals surface area contributed by atoms with E-state index in [1.807, 2.05) is 24.3 Å². The van der Waals surface area contributed by atoms with Crippen molar-refractivity contribution in [1.82, 2.24) is 4.98 Å². The van der Waals surface area contributed by atoms with Crippen molar-refractivity contribution in [3.63, 3.8) is 0 Å². The molecular formula is C14H18N2O2. The van der Waals surface area contributed by atoms with E-state index in [9.17, 15) is 5.11 Å². The standard InChI is InChI=1S/C14H18N2O2/c17-11-7-5-10(6-8-11)9-15-14-16-12-3-1-2-4-13(12)18-14/h1-4,10-11,17H,5-9H2,(H,15,16). The molecule has 2 N–H and O–H groups in total. The van der Waals surface area contributed by atoms with Crippen LogP contribution < -0.4 is 5.32 Å². The molecule has 0 atom stereocenters. The average Bonchev–Trinajstić information content (AvgIpc) is 2.81. The maximum atomic E-state index is 9.46. The zero-order valence-corrected chi connectivity index (χ0v) is 10.3. The van der Waals surface area contributed by atoms with Gasteiger partial charge in [0.15, 0.2) is 5.58 Å². The summed E-state index contributed by atoms with van der Waals surface area (Å²) in [5, 5.41) is 12.7. The molecule has 1 aromatic carbocycles. The van der Waals surface area contributed by atoms with Gasteiger partial charge in [-0.2, -0.15) is 4.98 Å². The Morgan fingerprint density at radius 3 is 2.78 bits per heavy atom. The molecule has 3 rings (SSSR count). The first-order valence-corrected chi connectivity index (χ1v) is 6.59. The number of aromatic nitrogens is 1. The number of hydrogen-bond acceptors (Lipinski definition) is 4. The van der Waals surface area contributed by atoms with Crippen molar-refractivity contribution in [1.29, 1.82) is 0 Å². The lowest BCUT2D eigenvalue weighted by molar-refractivity contribution is 0.111. The molecule has 0 bridgehead atoms. The molecule has 0 unspecified atom stereocenters. The quantitative estimate of drug-likeness (QED) is 0.874. The molecule has 18 heavy (non-hydrogen) atoms. The van der Waals surface area contributed by atoms with Crippen LogP contribution in [0.3, 0.4) is 0 Å². The first kappa shape index (κ1) is 11.5. The minimum atomic E-state index is -0.0921. The van der Waals surface area contributed by atoms with Gasteiger partial charge in [0.1, 0.15) is 5.52 Å². The number of aliphatic hydroxyl groups is 1. The van der Waals surface area contributed by atoms with Gasteiger partial charge in [-0.25, -0.2) is 0 Å². The summed E-state index contributed by atoms with van der Waals surface area (Å²) in [7, 11) is 0. The summed E-state index contributed by atoms with van der Waals surface area (Å²) < 4.78 is 5.61. The van der Waals surface area contributed by atoms with Gasteiger partial charge in [0.05, 0.1) is 6.10 Å². The second-order valence-corrected chi connectivity index (χ2v) is 5.04. The fourth-order valence-corrected chi connectivity index (χ4v) is 2.53. The van der Waals surface area contributed by atoms with E-state index >= 15 is 0 Å². The summed E-state index contributed by atoms with van der Waals surface area (Å²) in [6.07, 6.45) is 3.90. The number of aliphatic hydroxyl groups excluding tert-OH is 1. The van der Waals surface area contributed by atoms with Crippen LogP contribution in [0.1, 0.15) is 25.7 Å². The summed E-state index contributed by atoms with van der Waals surface area (Å²) >= 11 is 0. The zero-order chi connectivity index (χ0) is 12.4. The Morgan fingerprint density at radius 2 is 2.00 bits per heavy atom. The van der Waals surface area contributed by atoms with Crippen LogP contribution in [0, 0.1) is 5.92 Å². The number of anilines is 1. The number of nitrogens with one attached hydrogen (secondary N) is 1. The molecule has 0 aliphatic heterocycles. The summed E-state index contributed by atoms with van der Waals surface area (Å²) in [6, 6.07) is 8.37. The van der Waals surface area contributed by atoms with Gasteiger partial charge in [-0.3, -0.25) is 0 Å². The molecule has 4 heteroatoms. The lowest BCUT2D eigenvalue weighted by Gasteiger charge is -2.25. The first-order valence-electron chi connectivity index (χ1n) is 6.59. The predicted octanol–water partition coefficient (Wildman–Crippen LogP) is 2.79. The Bertz CT molecular complexity index is 482. The van der Waals surface area contributed by atoms with Gasteiger partial charge in [-0.1, -0.05) is 12.1 Å². The van der Waals surface area contributed by atoms with Crippen LogP contribution in [0.2, 0.25) is 0 Å². The lowest BCUT2D eigenvalue weighted by atomic mass is 9.87. The molecule has 0 saturated heterocycles. The van der Waals surface area contributed by atoms with Gasteiger partial charge >= 0.3 is 0 Å². The van der Waals surface area contributed by atoms with E-state index < -0.39 is 0 Å². The summed E-state index contributed by atoms with van der Waals surface area (Å²) in [4.78, 5) is 4.38. The second kappa shape index (κ2) is 4.98. The molecule has 0 amide bonds. The summed E-state index contributed by atoms with van der Waals surface area (Å²) in [5.41, 5.74) is 1.71. The fourth-order valence-electron chi connectivity index (χ4n) is 2.53. The van der Waals surface area contributed by atoms with Crippen molar-refractivity contribution < 1.29 is 9.52 Å².